The number of carbonyl (C=O) groups is 1. The van der Waals surface area contributed by atoms with Gasteiger partial charge in [0.2, 0.25) is 0 Å². The summed E-state index contributed by atoms with van der Waals surface area (Å²) in [6.07, 6.45) is 3.72. The van der Waals surface area contributed by atoms with Crippen LogP contribution >= 0.6 is 0 Å². The van der Waals surface area contributed by atoms with Gasteiger partial charge in [0, 0.05) is 38.7 Å². The van der Waals surface area contributed by atoms with E-state index in [1.807, 2.05) is 17.9 Å². The monoisotopic (exact) mass is 344 g/mol. The van der Waals surface area contributed by atoms with E-state index in [4.69, 9.17) is 5.11 Å². The molecular formula is C17H24N6O2. The van der Waals surface area contributed by atoms with Gasteiger partial charge in [-0.1, -0.05) is 6.92 Å². The number of nitrogens with one attached hydrogen (secondary N) is 1. The Hall–Kier alpha value is -2.48. The van der Waals surface area contributed by atoms with E-state index in [1.54, 1.807) is 11.7 Å². The zero-order valence-electron chi connectivity index (χ0n) is 14.7. The molecule has 0 saturated heterocycles. The van der Waals surface area contributed by atoms with E-state index in [9.17, 15) is 4.79 Å². The third-order valence-corrected chi connectivity index (χ3v) is 4.49. The maximum atomic E-state index is 12.9. The first-order chi connectivity index (χ1) is 12.1. The average Bonchev–Trinajstić information content (AvgIpc) is 2.87. The second kappa shape index (κ2) is 7.60. The third kappa shape index (κ3) is 3.63. The zero-order chi connectivity index (χ0) is 17.8. The van der Waals surface area contributed by atoms with Gasteiger partial charge in [0.25, 0.3) is 5.91 Å². The summed E-state index contributed by atoms with van der Waals surface area (Å²) in [7, 11) is 1.81. The molecule has 1 amide bonds. The Morgan fingerprint density at radius 3 is 2.84 bits per heavy atom. The van der Waals surface area contributed by atoms with Crippen LogP contribution in [0.2, 0.25) is 0 Å². The van der Waals surface area contributed by atoms with Gasteiger partial charge in [0.1, 0.15) is 17.8 Å². The predicted octanol–water partition coefficient (Wildman–Crippen LogP) is 0.418. The normalized spacial score (nSPS) is 14.1. The van der Waals surface area contributed by atoms with Gasteiger partial charge >= 0.3 is 0 Å². The summed E-state index contributed by atoms with van der Waals surface area (Å²) in [5.74, 6) is 0.752. The van der Waals surface area contributed by atoms with Crippen LogP contribution in [0.1, 0.15) is 34.4 Å². The molecule has 0 aliphatic carbocycles. The molecule has 3 heterocycles. The molecule has 2 N–H and O–H groups in total. The van der Waals surface area contributed by atoms with Crippen LogP contribution < -0.4 is 5.32 Å². The highest BCUT2D eigenvalue weighted by atomic mass is 16.3. The summed E-state index contributed by atoms with van der Waals surface area (Å²) >= 11 is 0. The molecule has 0 aromatic carbocycles. The molecule has 2 aromatic rings. The Labute approximate surface area is 146 Å². The van der Waals surface area contributed by atoms with Crippen molar-refractivity contribution in [3.63, 3.8) is 0 Å². The van der Waals surface area contributed by atoms with Gasteiger partial charge in [0.15, 0.2) is 0 Å². The van der Waals surface area contributed by atoms with E-state index < -0.39 is 0 Å². The first-order valence-electron chi connectivity index (χ1n) is 8.63. The molecule has 0 unspecified atom stereocenters. The summed E-state index contributed by atoms with van der Waals surface area (Å²) in [5.41, 5.74) is 3.54. The Kier molecular flexibility index (Phi) is 5.28. The molecule has 0 atom stereocenters. The minimum atomic E-state index is 0.000308. The number of fused-ring (bicyclic) bond motifs is 1. The lowest BCUT2D eigenvalue weighted by molar-refractivity contribution is 0.0752. The van der Waals surface area contributed by atoms with Crippen molar-refractivity contribution < 1.29 is 9.90 Å². The second-order valence-electron chi connectivity index (χ2n) is 6.09. The van der Waals surface area contributed by atoms with Gasteiger partial charge in [-0.25, -0.2) is 9.97 Å². The van der Waals surface area contributed by atoms with Crippen LogP contribution in [0.25, 0.3) is 0 Å². The topological polar surface area (TPSA) is 96.2 Å². The molecule has 8 nitrogen and oxygen atoms in total. The summed E-state index contributed by atoms with van der Waals surface area (Å²) in [6, 6.07) is 1.87. The molecule has 0 bridgehead atoms. The molecule has 2 aromatic heterocycles. The number of amides is 1. The van der Waals surface area contributed by atoms with Gasteiger partial charge in [-0.3, -0.25) is 9.48 Å². The van der Waals surface area contributed by atoms with E-state index in [0.29, 0.717) is 38.2 Å². The van der Waals surface area contributed by atoms with Gasteiger partial charge in [0.05, 0.1) is 18.0 Å². The lowest BCUT2D eigenvalue weighted by Gasteiger charge is -2.20. The number of hydrogen-bond donors (Lipinski definition) is 2. The van der Waals surface area contributed by atoms with Crippen molar-refractivity contribution in [3.05, 3.63) is 35.0 Å². The molecular weight excluding hydrogens is 320 g/mol. The molecule has 0 fully saturated rings. The lowest BCUT2D eigenvalue weighted by atomic mass is 10.1. The Balaban J connectivity index is 1.77. The number of carbonyl (C=O) groups excluding carboxylic acids is 1. The smallest absolute Gasteiger partial charge is 0.272 e. The molecule has 0 spiro atoms. The van der Waals surface area contributed by atoms with Crippen molar-refractivity contribution in [2.45, 2.75) is 26.2 Å². The van der Waals surface area contributed by atoms with Crippen LogP contribution in [0, 0.1) is 0 Å². The van der Waals surface area contributed by atoms with E-state index in [-0.39, 0.29) is 12.5 Å². The van der Waals surface area contributed by atoms with E-state index in [1.165, 1.54) is 6.33 Å². The van der Waals surface area contributed by atoms with Crippen LogP contribution in [0.4, 0.5) is 5.82 Å². The molecule has 134 valence electrons. The summed E-state index contributed by atoms with van der Waals surface area (Å²) in [5, 5.41) is 16.5. The van der Waals surface area contributed by atoms with E-state index >= 15 is 0 Å². The molecule has 1 aliphatic rings. The highest BCUT2D eigenvalue weighted by molar-refractivity contribution is 5.92. The zero-order valence-corrected chi connectivity index (χ0v) is 14.7. The first kappa shape index (κ1) is 17.3. The Bertz CT molecular complexity index is 758. The quantitative estimate of drug-likeness (QED) is 0.816. The van der Waals surface area contributed by atoms with Crippen molar-refractivity contribution >= 4 is 11.7 Å². The first-order valence-corrected chi connectivity index (χ1v) is 8.63. The van der Waals surface area contributed by atoms with Crippen LogP contribution in [-0.4, -0.2) is 61.9 Å². The summed E-state index contributed by atoms with van der Waals surface area (Å²) in [4.78, 5) is 23.4. The number of anilines is 1. The third-order valence-electron chi connectivity index (χ3n) is 4.49. The lowest BCUT2D eigenvalue weighted by Crippen LogP contribution is -2.34. The molecule has 3 rings (SSSR count). The standard InChI is InChI=1S/C17H24N6O2/c1-3-12-10-15(22(2)21-12)17(25)23-7-4-13-14(5-8-23)19-11-20-16(13)18-6-9-24/h10-11,24H,3-9H2,1-2H3,(H,18,19,20). The molecule has 0 saturated carbocycles. The number of aryl methyl sites for hydroxylation is 2. The summed E-state index contributed by atoms with van der Waals surface area (Å²) < 4.78 is 1.66. The second-order valence-corrected chi connectivity index (χ2v) is 6.09. The fourth-order valence-electron chi connectivity index (χ4n) is 3.12. The Morgan fingerprint density at radius 1 is 1.32 bits per heavy atom. The van der Waals surface area contributed by atoms with Crippen LogP contribution in [0.5, 0.6) is 0 Å². The molecule has 1 aliphatic heterocycles. The van der Waals surface area contributed by atoms with Crippen LogP contribution in [0.3, 0.4) is 0 Å². The largest absolute Gasteiger partial charge is 0.395 e. The van der Waals surface area contributed by atoms with Crippen molar-refractivity contribution in [3.8, 4) is 0 Å². The highest BCUT2D eigenvalue weighted by Crippen LogP contribution is 2.21. The van der Waals surface area contributed by atoms with Crippen molar-refractivity contribution in [2.24, 2.45) is 7.05 Å². The fourth-order valence-corrected chi connectivity index (χ4v) is 3.12. The van der Waals surface area contributed by atoms with Gasteiger partial charge in [-0.2, -0.15) is 5.10 Å². The predicted molar refractivity (Wildman–Crippen MR) is 93.5 cm³/mol. The fraction of sp³-hybridized carbons (Fsp3) is 0.529. The number of aromatic nitrogens is 4. The Morgan fingerprint density at radius 2 is 2.12 bits per heavy atom. The van der Waals surface area contributed by atoms with Crippen LogP contribution in [0.15, 0.2) is 12.4 Å². The molecule has 25 heavy (non-hydrogen) atoms. The molecule has 0 radical (unpaired) electrons. The van der Waals surface area contributed by atoms with Crippen molar-refractivity contribution in [2.75, 3.05) is 31.6 Å². The number of hydrogen-bond acceptors (Lipinski definition) is 6. The number of aliphatic hydroxyl groups excluding tert-OH is 1. The number of rotatable bonds is 5. The van der Waals surface area contributed by atoms with Gasteiger partial charge < -0.3 is 15.3 Å². The maximum absolute atomic E-state index is 12.9. The molecule has 8 heteroatoms. The van der Waals surface area contributed by atoms with Crippen LogP contribution in [-0.2, 0) is 26.3 Å². The average molecular weight is 344 g/mol. The number of aliphatic hydroxyl groups is 1. The minimum Gasteiger partial charge on any atom is -0.395 e. The SMILES string of the molecule is CCc1cc(C(=O)N2CCc3ncnc(NCCO)c3CC2)n(C)n1. The maximum Gasteiger partial charge on any atom is 0.272 e. The summed E-state index contributed by atoms with van der Waals surface area (Å²) in [6.45, 7) is 3.75. The van der Waals surface area contributed by atoms with Gasteiger partial charge in [-0.15, -0.1) is 0 Å². The number of nitrogens with zero attached hydrogens (tertiary/aromatic N) is 5. The van der Waals surface area contributed by atoms with E-state index in [0.717, 1.165) is 29.2 Å². The van der Waals surface area contributed by atoms with Crippen molar-refractivity contribution in [1.29, 1.82) is 0 Å². The highest BCUT2D eigenvalue weighted by Gasteiger charge is 2.24. The van der Waals surface area contributed by atoms with Gasteiger partial charge in [-0.05, 0) is 18.9 Å². The minimum absolute atomic E-state index is 0.000308. The van der Waals surface area contributed by atoms with E-state index in [2.05, 4.69) is 20.4 Å². The van der Waals surface area contributed by atoms with Crippen molar-refractivity contribution in [1.82, 2.24) is 24.6 Å².